The largest absolute Gasteiger partial charge is 0.489 e. The predicted octanol–water partition coefficient (Wildman–Crippen LogP) is 4.98. The molecule has 0 N–H and O–H groups in total. The van der Waals surface area contributed by atoms with Gasteiger partial charge in [-0.15, -0.1) is 0 Å². The molecule has 146 valence electrons. The van der Waals surface area contributed by atoms with Crippen molar-refractivity contribution in [3.8, 4) is 5.75 Å². The van der Waals surface area contributed by atoms with E-state index in [1.807, 2.05) is 97.5 Å². The summed E-state index contributed by atoms with van der Waals surface area (Å²) in [6, 6.07) is 21.9. The third-order valence-electron chi connectivity index (χ3n) is 5.01. The van der Waals surface area contributed by atoms with E-state index in [4.69, 9.17) is 9.47 Å². The van der Waals surface area contributed by atoms with E-state index >= 15 is 0 Å². The first-order chi connectivity index (χ1) is 13.7. The number of esters is 1. The van der Waals surface area contributed by atoms with E-state index in [0.29, 0.717) is 26.1 Å². The maximum Gasteiger partial charge on any atom is 0.332 e. The summed E-state index contributed by atoms with van der Waals surface area (Å²) >= 11 is 0. The topological polar surface area (TPSA) is 40.5 Å². The van der Waals surface area contributed by atoms with E-state index in [1.165, 1.54) is 0 Å². The monoisotopic (exact) mass is 377 g/mol. The van der Waals surface area contributed by atoms with Gasteiger partial charge in [0.25, 0.3) is 0 Å². The second-order valence-electron chi connectivity index (χ2n) is 6.79. The summed E-state index contributed by atoms with van der Waals surface area (Å²) in [7, 11) is 0. The van der Waals surface area contributed by atoms with E-state index < -0.39 is 5.54 Å². The zero-order valence-corrected chi connectivity index (χ0v) is 16.5. The highest BCUT2D eigenvalue weighted by molar-refractivity contribution is 5.79. The molecule has 1 aromatic heterocycles. The predicted molar refractivity (Wildman–Crippen MR) is 110 cm³/mol. The average molecular weight is 377 g/mol. The number of nitrogens with zero attached hydrogens (tertiary/aromatic N) is 1. The van der Waals surface area contributed by atoms with Crippen LogP contribution < -0.4 is 4.74 Å². The molecule has 0 aliphatic heterocycles. The Morgan fingerprint density at radius 2 is 1.57 bits per heavy atom. The molecule has 28 heavy (non-hydrogen) atoms. The lowest BCUT2D eigenvalue weighted by atomic mass is 9.87. The van der Waals surface area contributed by atoms with E-state index in [2.05, 4.69) is 0 Å². The van der Waals surface area contributed by atoms with Crippen LogP contribution in [0.3, 0.4) is 0 Å². The Bertz CT molecular complexity index is 857. The van der Waals surface area contributed by atoms with Crippen LogP contribution in [0, 0.1) is 0 Å². The zero-order valence-electron chi connectivity index (χ0n) is 16.5. The Labute approximate surface area is 166 Å². The fraction of sp³-hybridized carbons (Fsp3) is 0.292. The molecule has 0 aliphatic carbocycles. The molecule has 0 saturated carbocycles. The lowest BCUT2D eigenvalue weighted by Gasteiger charge is -2.32. The smallest absolute Gasteiger partial charge is 0.332 e. The molecule has 2 aromatic carbocycles. The van der Waals surface area contributed by atoms with E-state index in [9.17, 15) is 4.79 Å². The van der Waals surface area contributed by atoms with Crippen molar-refractivity contribution in [2.75, 3.05) is 6.61 Å². The van der Waals surface area contributed by atoms with Gasteiger partial charge in [0.15, 0.2) is 0 Å². The minimum absolute atomic E-state index is 0.196. The number of rotatable bonds is 9. The number of carbonyl (C=O) groups excluding carboxylic acids is 1. The third-order valence-corrected chi connectivity index (χ3v) is 5.01. The first-order valence-electron chi connectivity index (χ1n) is 9.74. The van der Waals surface area contributed by atoms with Crippen molar-refractivity contribution in [2.45, 2.75) is 38.8 Å². The van der Waals surface area contributed by atoms with Gasteiger partial charge in [0, 0.05) is 18.8 Å². The van der Waals surface area contributed by atoms with Crippen LogP contribution in [0.1, 0.15) is 31.4 Å². The van der Waals surface area contributed by atoms with Gasteiger partial charge >= 0.3 is 5.97 Å². The van der Waals surface area contributed by atoms with Crippen LogP contribution in [0.25, 0.3) is 0 Å². The summed E-state index contributed by atoms with van der Waals surface area (Å²) in [6.07, 6.45) is 5.07. The van der Waals surface area contributed by atoms with Gasteiger partial charge in [-0.05, 0) is 48.7 Å². The number of carbonyl (C=O) groups is 1. The van der Waals surface area contributed by atoms with E-state index in [-0.39, 0.29) is 5.97 Å². The van der Waals surface area contributed by atoms with Crippen LogP contribution in [0.5, 0.6) is 5.75 Å². The second kappa shape index (κ2) is 9.27. The van der Waals surface area contributed by atoms with Crippen molar-refractivity contribution in [2.24, 2.45) is 0 Å². The fourth-order valence-electron chi connectivity index (χ4n) is 3.39. The molecule has 3 rings (SSSR count). The van der Waals surface area contributed by atoms with Gasteiger partial charge in [-0.3, -0.25) is 0 Å². The summed E-state index contributed by atoms with van der Waals surface area (Å²) in [5, 5.41) is 0. The van der Waals surface area contributed by atoms with Gasteiger partial charge in [-0.1, -0.05) is 49.4 Å². The highest BCUT2D eigenvalue weighted by Crippen LogP contribution is 2.29. The quantitative estimate of drug-likeness (QED) is 0.494. The number of ether oxygens (including phenoxy) is 2. The second-order valence-corrected chi connectivity index (χ2v) is 6.79. The third kappa shape index (κ3) is 4.45. The van der Waals surface area contributed by atoms with Crippen molar-refractivity contribution in [3.63, 3.8) is 0 Å². The molecule has 0 fully saturated rings. The molecule has 4 heteroatoms. The molecule has 0 saturated heterocycles. The van der Waals surface area contributed by atoms with Crippen molar-refractivity contribution >= 4 is 5.97 Å². The van der Waals surface area contributed by atoms with Crippen LogP contribution in [0.2, 0.25) is 0 Å². The number of hydrogen-bond acceptors (Lipinski definition) is 3. The highest BCUT2D eigenvalue weighted by Gasteiger charge is 2.39. The van der Waals surface area contributed by atoms with Crippen LogP contribution in [0.15, 0.2) is 79.1 Å². The Morgan fingerprint density at radius 3 is 2.18 bits per heavy atom. The molecule has 1 atom stereocenters. The average Bonchev–Trinajstić information content (AvgIpc) is 3.27. The van der Waals surface area contributed by atoms with Gasteiger partial charge in [0.1, 0.15) is 17.9 Å². The summed E-state index contributed by atoms with van der Waals surface area (Å²) in [4.78, 5) is 12.9. The number of aromatic nitrogens is 1. The van der Waals surface area contributed by atoms with Crippen LogP contribution in [-0.2, 0) is 28.1 Å². The van der Waals surface area contributed by atoms with Crippen LogP contribution >= 0.6 is 0 Å². The Balaban J connectivity index is 1.75. The van der Waals surface area contributed by atoms with Gasteiger partial charge in [-0.25, -0.2) is 4.79 Å². The van der Waals surface area contributed by atoms with Gasteiger partial charge < -0.3 is 14.0 Å². The molecular formula is C24H27NO3. The molecule has 0 spiro atoms. The molecule has 4 nitrogen and oxygen atoms in total. The lowest BCUT2D eigenvalue weighted by molar-refractivity contribution is -0.154. The van der Waals surface area contributed by atoms with Crippen molar-refractivity contribution in [1.29, 1.82) is 0 Å². The summed E-state index contributed by atoms with van der Waals surface area (Å²) in [5.74, 6) is 0.616. The summed E-state index contributed by atoms with van der Waals surface area (Å²) in [5.41, 5.74) is 1.45. The number of benzene rings is 2. The minimum Gasteiger partial charge on any atom is -0.489 e. The first-order valence-corrected chi connectivity index (χ1v) is 9.74. The van der Waals surface area contributed by atoms with Gasteiger partial charge in [0.05, 0.1) is 6.61 Å². The molecular weight excluding hydrogens is 350 g/mol. The first kappa shape index (κ1) is 19.7. The van der Waals surface area contributed by atoms with Gasteiger partial charge in [0.2, 0.25) is 0 Å². The standard InChI is InChI=1S/C24H27NO3/c1-3-24(23(26)27-4-2,25-16-8-9-17-25)18-20-12-14-22(15-13-20)28-19-21-10-6-5-7-11-21/h5-17H,3-4,18-19H2,1-2H3. The van der Waals surface area contributed by atoms with E-state index in [0.717, 1.165) is 16.9 Å². The fourth-order valence-corrected chi connectivity index (χ4v) is 3.39. The minimum atomic E-state index is -0.744. The maximum absolute atomic E-state index is 12.9. The Hall–Kier alpha value is -3.01. The van der Waals surface area contributed by atoms with Crippen LogP contribution in [0.4, 0.5) is 0 Å². The zero-order chi connectivity index (χ0) is 19.8. The maximum atomic E-state index is 12.9. The molecule has 1 unspecified atom stereocenters. The Kier molecular flexibility index (Phi) is 6.53. The summed E-state index contributed by atoms with van der Waals surface area (Å²) < 4.78 is 13.2. The van der Waals surface area contributed by atoms with Crippen molar-refractivity contribution in [3.05, 3.63) is 90.3 Å². The molecule has 0 amide bonds. The number of hydrogen-bond donors (Lipinski definition) is 0. The molecule has 1 heterocycles. The Morgan fingerprint density at radius 1 is 0.893 bits per heavy atom. The van der Waals surface area contributed by atoms with Crippen molar-refractivity contribution in [1.82, 2.24) is 4.57 Å². The molecule has 0 aliphatic rings. The van der Waals surface area contributed by atoms with Gasteiger partial charge in [-0.2, -0.15) is 0 Å². The van der Waals surface area contributed by atoms with E-state index in [1.54, 1.807) is 0 Å². The lowest BCUT2D eigenvalue weighted by Crippen LogP contribution is -2.44. The summed E-state index contributed by atoms with van der Waals surface area (Å²) in [6.45, 7) is 4.76. The van der Waals surface area contributed by atoms with Crippen LogP contribution in [-0.4, -0.2) is 17.1 Å². The normalized spacial score (nSPS) is 12.9. The molecule has 0 radical (unpaired) electrons. The molecule has 0 bridgehead atoms. The van der Waals surface area contributed by atoms with Crippen molar-refractivity contribution < 1.29 is 14.3 Å². The highest BCUT2D eigenvalue weighted by atomic mass is 16.5. The molecule has 3 aromatic rings. The SMILES string of the molecule is CCOC(=O)C(CC)(Cc1ccc(OCc2ccccc2)cc1)n1cccc1.